The first-order valence-corrected chi connectivity index (χ1v) is 4.53. The molecular weight excluding hydrogens is 284 g/mol. The summed E-state index contributed by atoms with van der Waals surface area (Å²) in [7, 11) is 0. The van der Waals surface area contributed by atoms with Crippen LogP contribution in [-0.4, -0.2) is 12.1 Å². The zero-order valence-electron chi connectivity index (χ0n) is 9.06. The zero-order valence-corrected chi connectivity index (χ0v) is 9.88. The highest BCUT2D eigenvalue weighted by molar-refractivity contribution is 5.85. The highest BCUT2D eigenvalue weighted by Gasteiger charge is 2.61. The van der Waals surface area contributed by atoms with Crippen molar-refractivity contribution in [2.24, 2.45) is 5.73 Å². The molecule has 1 rings (SSSR count). The molecule has 0 aliphatic heterocycles. The minimum Gasteiger partial charge on any atom is -0.319 e. The van der Waals surface area contributed by atoms with Crippen LogP contribution in [-0.2, 0) is 0 Å². The summed E-state index contributed by atoms with van der Waals surface area (Å²) in [5.74, 6) is -5.79. The third kappa shape index (κ3) is 3.08. The molecule has 1 atom stereocenters. The first kappa shape index (κ1) is 17.1. The molecule has 0 amide bonds. The Kier molecular flexibility index (Phi) is 5.07. The van der Waals surface area contributed by atoms with E-state index < -0.39 is 29.5 Å². The number of alkyl halides is 5. The van der Waals surface area contributed by atoms with Crippen molar-refractivity contribution in [3.05, 3.63) is 35.1 Å². The maximum absolute atomic E-state index is 12.9. The van der Waals surface area contributed by atoms with Crippen molar-refractivity contribution in [2.75, 3.05) is 0 Å². The highest BCUT2D eigenvalue weighted by Crippen LogP contribution is 2.43. The maximum Gasteiger partial charge on any atom is 0.455 e. The van der Waals surface area contributed by atoms with Gasteiger partial charge in [-0.25, -0.2) is 4.39 Å². The summed E-state index contributed by atoms with van der Waals surface area (Å²) in [6.45, 7) is 1.21. The summed E-state index contributed by atoms with van der Waals surface area (Å²) in [6.07, 6.45) is -5.74. The average molecular weight is 294 g/mol. The van der Waals surface area contributed by atoms with E-state index in [1.165, 1.54) is 6.92 Å². The van der Waals surface area contributed by atoms with Crippen molar-refractivity contribution in [1.82, 2.24) is 0 Å². The second-order valence-corrected chi connectivity index (χ2v) is 3.60. The Morgan fingerprint density at radius 1 is 1.11 bits per heavy atom. The molecule has 2 N–H and O–H groups in total. The summed E-state index contributed by atoms with van der Waals surface area (Å²) < 4.78 is 74.8. The fraction of sp³-hybridized carbons (Fsp3) is 0.400. The molecule has 0 radical (unpaired) electrons. The van der Waals surface area contributed by atoms with Gasteiger partial charge in [0.2, 0.25) is 0 Å². The zero-order chi connectivity index (χ0) is 13.4. The average Bonchev–Trinajstić information content (AvgIpc) is 2.14. The maximum atomic E-state index is 12.9. The van der Waals surface area contributed by atoms with Crippen LogP contribution in [0.3, 0.4) is 0 Å². The van der Waals surface area contributed by atoms with Crippen LogP contribution >= 0.6 is 12.4 Å². The Hall–Kier alpha value is -0.950. The molecule has 0 aromatic heterocycles. The van der Waals surface area contributed by atoms with E-state index in [2.05, 4.69) is 0 Å². The van der Waals surface area contributed by atoms with Gasteiger partial charge in [0.1, 0.15) is 11.9 Å². The van der Waals surface area contributed by atoms with Gasteiger partial charge in [-0.3, -0.25) is 0 Å². The lowest BCUT2D eigenvalue weighted by molar-refractivity contribution is -0.291. The smallest absolute Gasteiger partial charge is 0.319 e. The second-order valence-electron chi connectivity index (χ2n) is 3.60. The summed E-state index contributed by atoms with van der Waals surface area (Å²) >= 11 is 0. The van der Waals surface area contributed by atoms with E-state index in [4.69, 9.17) is 5.73 Å². The summed E-state index contributed by atoms with van der Waals surface area (Å²) in [5, 5.41) is 0. The van der Waals surface area contributed by atoms with Crippen LogP contribution in [0.15, 0.2) is 18.2 Å². The van der Waals surface area contributed by atoms with Gasteiger partial charge in [-0.2, -0.15) is 22.0 Å². The van der Waals surface area contributed by atoms with Crippen LogP contribution in [0.25, 0.3) is 0 Å². The molecule has 0 heterocycles. The lowest BCUT2D eigenvalue weighted by Crippen LogP contribution is -2.46. The van der Waals surface area contributed by atoms with Gasteiger partial charge in [-0.05, 0) is 30.2 Å². The summed E-state index contributed by atoms with van der Waals surface area (Å²) in [4.78, 5) is 0. The van der Waals surface area contributed by atoms with Gasteiger partial charge in [-0.1, -0.05) is 6.07 Å². The molecule has 1 aromatic carbocycles. The Balaban J connectivity index is 0.00000289. The molecule has 8 heteroatoms. The summed E-state index contributed by atoms with van der Waals surface area (Å²) in [6, 6.07) is -0.0891. The highest BCUT2D eigenvalue weighted by atomic mass is 35.5. The van der Waals surface area contributed by atoms with Crippen LogP contribution in [0.5, 0.6) is 0 Å². The van der Waals surface area contributed by atoms with E-state index >= 15 is 0 Å². The molecule has 1 aromatic rings. The fourth-order valence-electron chi connectivity index (χ4n) is 1.36. The Morgan fingerprint density at radius 2 is 1.61 bits per heavy atom. The third-order valence-electron chi connectivity index (χ3n) is 2.34. The lowest BCUT2D eigenvalue weighted by Gasteiger charge is -2.26. The second kappa shape index (κ2) is 5.36. The Labute approximate surface area is 105 Å². The van der Waals surface area contributed by atoms with Crippen molar-refractivity contribution in [1.29, 1.82) is 0 Å². The molecule has 0 saturated heterocycles. The summed E-state index contributed by atoms with van der Waals surface area (Å²) in [5.41, 5.74) is 4.43. The number of nitrogens with two attached hydrogens (primary N) is 1. The number of benzene rings is 1. The van der Waals surface area contributed by atoms with Crippen molar-refractivity contribution in [3.63, 3.8) is 0 Å². The molecule has 18 heavy (non-hydrogen) atoms. The van der Waals surface area contributed by atoms with Crippen LogP contribution in [0.1, 0.15) is 17.2 Å². The number of halogens is 7. The fourth-order valence-corrected chi connectivity index (χ4v) is 1.36. The topological polar surface area (TPSA) is 26.0 Å². The Morgan fingerprint density at radius 3 is 2.00 bits per heavy atom. The predicted molar refractivity (Wildman–Crippen MR) is 56.3 cm³/mol. The molecular formula is C10H10ClF6N. The largest absolute Gasteiger partial charge is 0.455 e. The van der Waals surface area contributed by atoms with E-state index in [1.807, 2.05) is 0 Å². The van der Waals surface area contributed by atoms with Crippen LogP contribution < -0.4 is 5.73 Å². The van der Waals surface area contributed by atoms with Crippen LogP contribution in [0, 0.1) is 12.7 Å². The molecule has 0 spiro atoms. The van der Waals surface area contributed by atoms with Gasteiger partial charge >= 0.3 is 12.1 Å². The van der Waals surface area contributed by atoms with Crippen LogP contribution in [0.2, 0.25) is 0 Å². The van der Waals surface area contributed by atoms with Gasteiger partial charge in [0.05, 0.1) is 0 Å². The molecule has 0 saturated carbocycles. The van der Waals surface area contributed by atoms with Gasteiger partial charge in [0.15, 0.2) is 0 Å². The lowest BCUT2D eigenvalue weighted by atomic mass is 9.96. The third-order valence-corrected chi connectivity index (χ3v) is 2.34. The number of aryl methyl sites for hydroxylation is 1. The van der Waals surface area contributed by atoms with E-state index in [9.17, 15) is 26.3 Å². The molecule has 0 aliphatic rings. The molecule has 104 valence electrons. The van der Waals surface area contributed by atoms with E-state index in [1.54, 1.807) is 0 Å². The number of hydrogen-bond donors (Lipinski definition) is 1. The van der Waals surface area contributed by atoms with Crippen molar-refractivity contribution >= 4 is 12.4 Å². The van der Waals surface area contributed by atoms with Crippen LogP contribution in [0.4, 0.5) is 26.3 Å². The van der Waals surface area contributed by atoms with Gasteiger partial charge in [0, 0.05) is 0 Å². The normalized spacial score (nSPS) is 14.0. The molecule has 0 unspecified atom stereocenters. The first-order chi connectivity index (χ1) is 7.57. The van der Waals surface area contributed by atoms with Crippen molar-refractivity contribution < 1.29 is 26.3 Å². The van der Waals surface area contributed by atoms with E-state index in [0.29, 0.717) is 0 Å². The molecule has 0 fully saturated rings. The van der Waals surface area contributed by atoms with Crippen molar-refractivity contribution in [2.45, 2.75) is 25.1 Å². The number of hydrogen-bond acceptors (Lipinski definition) is 1. The standard InChI is InChI=1S/C10H9F6N.ClH/c1-5-4-6(11)2-3-7(5)8(17)9(12,13)10(14,15)16;/h2-4,8H,17H2,1H3;1H/t8-;/m0./s1. The SMILES string of the molecule is Cc1cc(F)ccc1[C@H](N)C(F)(F)C(F)(F)F.Cl. The van der Waals surface area contributed by atoms with Gasteiger partial charge < -0.3 is 5.73 Å². The van der Waals surface area contributed by atoms with E-state index in [-0.39, 0.29) is 18.0 Å². The monoisotopic (exact) mass is 293 g/mol. The van der Waals surface area contributed by atoms with Gasteiger partial charge in [0.25, 0.3) is 0 Å². The minimum atomic E-state index is -5.74. The Bertz CT molecular complexity index is 417. The quantitative estimate of drug-likeness (QED) is 0.826. The van der Waals surface area contributed by atoms with Gasteiger partial charge in [-0.15, -0.1) is 12.4 Å². The molecule has 0 bridgehead atoms. The first-order valence-electron chi connectivity index (χ1n) is 4.53. The predicted octanol–water partition coefficient (Wildman–Crippen LogP) is 3.75. The molecule has 0 aliphatic carbocycles. The van der Waals surface area contributed by atoms with E-state index in [0.717, 1.165) is 18.2 Å². The number of rotatable bonds is 2. The van der Waals surface area contributed by atoms with Crippen molar-refractivity contribution in [3.8, 4) is 0 Å². The molecule has 1 nitrogen and oxygen atoms in total. The minimum absolute atomic E-state index is 0.